The van der Waals surface area contributed by atoms with Crippen molar-refractivity contribution in [2.24, 2.45) is 0 Å². The molecule has 1 aliphatic rings. The average molecular weight is 414 g/mol. The highest BCUT2D eigenvalue weighted by Gasteiger charge is 2.23. The molecule has 28 heavy (non-hydrogen) atoms. The summed E-state index contributed by atoms with van der Waals surface area (Å²) >= 11 is 2.79. The van der Waals surface area contributed by atoms with Gasteiger partial charge in [0.1, 0.15) is 10.6 Å². The van der Waals surface area contributed by atoms with Gasteiger partial charge in [-0.25, -0.2) is 4.98 Å². The molecule has 0 fully saturated rings. The van der Waals surface area contributed by atoms with Crippen molar-refractivity contribution >= 4 is 44.9 Å². The van der Waals surface area contributed by atoms with Gasteiger partial charge < -0.3 is 10.4 Å². The van der Waals surface area contributed by atoms with Crippen LogP contribution in [0.2, 0.25) is 0 Å². The van der Waals surface area contributed by atoms with E-state index in [0.29, 0.717) is 17.4 Å². The molecule has 0 spiro atoms. The van der Waals surface area contributed by atoms with Crippen LogP contribution in [0.25, 0.3) is 10.2 Å². The van der Waals surface area contributed by atoms with E-state index < -0.39 is 0 Å². The van der Waals surface area contributed by atoms with Gasteiger partial charge in [-0.3, -0.25) is 14.2 Å². The third-order valence-electron chi connectivity index (χ3n) is 4.61. The van der Waals surface area contributed by atoms with Gasteiger partial charge >= 0.3 is 0 Å². The first-order valence-corrected chi connectivity index (χ1v) is 10.8. The Balaban J connectivity index is 1.60. The number of phenols is 1. The third kappa shape index (κ3) is 3.45. The van der Waals surface area contributed by atoms with Crippen LogP contribution in [-0.4, -0.2) is 26.3 Å². The first-order valence-electron chi connectivity index (χ1n) is 8.95. The van der Waals surface area contributed by atoms with Crippen molar-refractivity contribution in [3.8, 4) is 5.75 Å². The summed E-state index contributed by atoms with van der Waals surface area (Å²) in [4.78, 5) is 32.1. The second kappa shape index (κ2) is 7.81. The van der Waals surface area contributed by atoms with Gasteiger partial charge in [0.25, 0.3) is 5.56 Å². The topological polar surface area (TPSA) is 84.2 Å². The molecule has 1 aliphatic carbocycles. The summed E-state index contributed by atoms with van der Waals surface area (Å²) in [5, 5.41) is 13.7. The maximum absolute atomic E-state index is 13.1. The molecule has 0 bridgehead atoms. The van der Waals surface area contributed by atoms with Gasteiger partial charge in [0.2, 0.25) is 5.91 Å². The minimum Gasteiger partial charge on any atom is -0.506 e. The van der Waals surface area contributed by atoms with E-state index in [-0.39, 0.29) is 23.0 Å². The number of nitrogens with zero attached hydrogens (tertiary/aromatic N) is 2. The van der Waals surface area contributed by atoms with Gasteiger partial charge in [-0.1, -0.05) is 30.0 Å². The number of fused-ring (bicyclic) bond motifs is 3. The number of thiophene rings is 1. The largest absolute Gasteiger partial charge is 0.506 e. The fourth-order valence-electron chi connectivity index (χ4n) is 3.35. The Hall–Kier alpha value is -2.58. The van der Waals surface area contributed by atoms with E-state index in [2.05, 4.69) is 16.9 Å². The molecule has 0 aliphatic heterocycles. The second-order valence-corrected chi connectivity index (χ2v) is 8.52. The summed E-state index contributed by atoms with van der Waals surface area (Å²) in [5.41, 5.74) is 1.44. The van der Waals surface area contributed by atoms with Gasteiger partial charge in [0.15, 0.2) is 5.16 Å². The molecule has 2 heterocycles. The lowest BCUT2D eigenvalue weighted by molar-refractivity contribution is -0.113. The van der Waals surface area contributed by atoms with Crippen LogP contribution < -0.4 is 10.9 Å². The van der Waals surface area contributed by atoms with Crippen LogP contribution in [0.15, 0.2) is 46.9 Å². The lowest BCUT2D eigenvalue weighted by Gasteiger charge is -2.11. The molecule has 8 heteroatoms. The Bertz CT molecular complexity index is 1130. The molecule has 0 unspecified atom stereocenters. The highest BCUT2D eigenvalue weighted by atomic mass is 32.2. The monoisotopic (exact) mass is 413 g/mol. The summed E-state index contributed by atoms with van der Waals surface area (Å²) in [6.07, 6.45) is 4.67. The maximum atomic E-state index is 13.1. The van der Waals surface area contributed by atoms with Crippen molar-refractivity contribution in [1.82, 2.24) is 9.55 Å². The van der Waals surface area contributed by atoms with Crippen LogP contribution in [0.1, 0.15) is 16.9 Å². The molecule has 2 aromatic heterocycles. The zero-order valence-electron chi connectivity index (χ0n) is 15.1. The van der Waals surface area contributed by atoms with Crippen molar-refractivity contribution in [2.75, 3.05) is 11.1 Å². The zero-order valence-corrected chi connectivity index (χ0v) is 16.7. The normalized spacial score (nSPS) is 12.9. The van der Waals surface area contributed by atoms with E-state index in [0.717, 1.165) is 35.0 Å². The van der Waals surface area contributed by atoms with Gasteiger partial charge in [0, 0.05) is 11.4 Å². The number of anilines is 1. The van der Waals surface area contributed by atoms with Crippen LogP contribution in [-0.2, 0) is 24.2 Å². The minimum atomic E-state index is -0.278. The Morgan fingerprint density at radius 2 is 2.21 bits per heavy atom. The number of hydrogen-bond donors (Lipinski definition) is 2. The standard InChI is InChI=1S/C20H19N3O3S2/c1-2-10-23-19(26)17-12-6-5-9-15(12)28-18(17)22-20(23)27-11-16(25)21-13-7-3-4-8-14(13)24/h2-4,7-8,24H,1,5-6,9-11H2,(H,21,25). The molecular formula is C20H19N3O3S2. The Morgan fingerprint density at radius 3 is 3.00 bits per heavy atom. The fourth-order valence-corrected chi connectivity index (χ4v) is 5.47. The molecule has 1 aromatic carbocycles. The first kappa shape index (κ1) is 18.8. The number of hydrogen-bond acceptors (Lipinski definition) is 6. The number of para-hydroxylation sites is 2. The third-order valence-corrected chi connectivity index (χ3v) is 6.77. The molecule has 2 N–H and O–H groups in total. The van der Waals surface area contributed by atoms with E-state index in [1.807, 2.05) is 0 Å². The van der Waals surface area contributed by atoms with Crippen LogP contribution in [0.3, 0.4) is 0 Å². The number of aromatic hydroxyl groups is 1. The number of benzene rings is 1. The Labute approximate surface area is 169 Å². The number of phenolic OH excluding ortho intramolecular Hbond substituents is 1. The van der Waals surface area contributed by atoms with E-state index in [4.69, 9.17) is 0 Å². The van der Waals surface area contributed by atoms with Gasteiger partial charge in [-0.2, -0.15) is 0 Å². The number of allylic oxidation sites excluding steroid dienone is 1. The van der Waals surface area contributed by atoms with Crippen molar-refractivity contribution in [3.63, 3.8) is 0 Å². The lowest BCUT2D eigenvalue weighted by atomic mass is 10.2. The first-order chi connectivity index (χ1) is 13.6. The fraction of sp³-hybridized carbons (Fsp3) is 0.250. The highest BCUT2D eigenvalue weighted by molar-refractivity contribution is 7.99. The molecule has 0 radical (unpaired) electrons. The van der Waals surface area contributed by atoms with Crippen molar-refractivity contribution in [1.29, 1.82) is 0 Å². The Kier molecular flexibility index (Phi) is 5.23. The highest BCUT2D eigenvalue weighted by Crippen LogP contribution is 2.35. The van der Waals surface area contributed by atoms with Crippen molar-refractivity contribution in [2.45, 2.75) is 31.0 Å². The number of aryl methyl sites for hydroxylation is 2. The van der Waals surface area contributed by atoms with E-state index in [1.165, 1.54) is 22.7 Å². The molecular weight excluding hydrogens is 394 g/mol. The average Bonchev–Trinajstić information content (AvgIpc) is 3.25. The van der Waals surface area contributed by atoms with Crippen LogP contribution in [0.4, 0.5) is 5.69 Å². The molecule has 0 saturated heterocycles. The second-order valence-electron chi connectivity index (χ2n) is 6.49. The minimum absolute atomic E-state index is 0.0112. The predicted molar refractivity (Wildman–Crippen MR) is 114 cm³/mol. The smallest absolute Gasteiger partial charge is 0.263 e. The van der Waals surface area contributed by atoms with Gasteiger partial charge in [-0.05, 0) is 37.0 Å². The quantitative estimate of drug-likeness (QED) is 0.279. The summed E-state index contributed by atoms with van der Waals surface area (Å²) in [6, 6.07) is 6.56. The number of aromatic nitrogens is 2. The van der Waals surface area contributed by atoms with Crippen LogP contribution in [0.5, 0.6) is 5.75 Å². The van der Waals surface area contributed by atoms with Gasteiger partial charge in [-0.15, -0.1) is 17.9 Å². The molecule has 0 atom stereocenters. The number of rotatable bonds is 6. The predicted octanol–water partition coefficient (Wildman–Crippen LogP) is 3.57. The molecule has 144 valence electrons. The van der Waals surface area contributed by atoms with Crippen molar-refractivity contribution in [3.05, 3.63) is 57.7 Å². The van der Waals surface area contributed by atoms with E-state index in [1.54, 1.807) is 40.2 Å². The number of carbonyl (C=O) groups is 1. The number of nitrogens with one attached hydrogen (secondary N) is 1. The number of carbonyl (C=O) groups excluding carboxylic acids is 1. The summed E-state index contributed by atoms with van der Waals surface area (Å²) in [7, 11) is 0. The molecule has 3 aromatic rings. The van der Waals surface area contributed by atoms with Crippen molar-refractivity contribution < 1.29 is 9.90 Å². The lowest BCUT2D eigenvalue weighted by Crippen LogP contribution is -2.24. The summed E-state index contributed by atoms with van der Waals surface area (Å²) < 4.78 is 1.58. The van der Waals surface area contributed by atoms with E-state index in [9.17, 15) is 14.7 Å². The molecule has 4 rings (SSSR count). The molecule has 0 saturated carbocycles. The molecule has 6 nitrogen and oxygen atoms in total. The van der Waals surface area contributed by atoms with Crippen LogP contribution >= 0.6 is 23.1 Å². The Morgan fingerprint density at radius 1 is 1.39 bits per heavy atom. The maximum Gasteiger partial charge on any atom is 0.263 e. The number of thioether (sulfide) groups is 1. The SMILES string of the molecule is C=CCn1c(SCC(=O)Nc2ccccc2O)nc2sc3c(c2c1=O)CCC3. The van der Waals surface area contributed by atoms with E-state index >= 15 is 0 Å². The summed E-state index contributed by atoms with van der Waals surface area (Å²) in [6.45, 7) is 4.08. The van der Waals surface area contributed by atoms with Crippen LogP contribution in [0, 0.1) is 0 Å². The summed E-state index contributed by atoms with van der Waals surface area (Å²) in [5.74, 6) is -0.189. The van der Waals surface area contributed by atoms with Gasteiger partial charge in [0.05, 0.1) is 16.8 Å². The zero-order chi connectivity index (χ0) is 19.7. The number of amides is 1. The molecule has 1 amide bonds.